The van der Waals surface area contributed by atoms with E-state index in [-0.39, 0.29) is 5.91 Å². The molecule has 19 heavy (non-hydrogen) atoms. The molecule has 5 nitrogen and oxygen atoms in total. The maximum Gasteiger partial charge on any atom is 0.258 e. The second kappa shape index (κ2) is 6.29. The van der Waals surface area contributed by atoms with E-state index in [0.717, 1.165) is 12.2 Å². The van der Waals surface area contributed by atoms with Crippen molar-refractivity contribution in [2.75, 3.05) is 17.2 Å². The van der Waals surface area contributed by atoms with E-state index in [9.17, 15) is 4.79 Å². The molecule has 2 rings (SSSR count). The maximum atomic E-state index is 12.2. The van der Waals surface area contributed by atoms with Crippen LogP contribution in [0.3, 0.4) is 0 Å². The number of anilines is 2. The number of rotatable bonds is 4. The van der Waals surface area contributed by atoms with Crippen molar-refractivity contribution in [1.29, 1.82) is 0 Å². The Morgan fingerprint density at radius 3 is 2.74 bits per heavy atom. The molecule has 1 amide bonds. The summed E-state index contributed by atoms with van der Waals surface area (Å²) in [6, 6.07) is 7.34. The first-order chi connectivity index (χ1) is 9.20. The van der Waals surface area contributed by atoms with Gasteiger partial charge in [0.05, 0.1) is 18.0 Å². The fourth-order valence-electron chi connectivity index (χ4n) is 1.59. The van der Waals surface area contributed by atoms with Crippen LogP contribution in [0.2, 0.25) is 0 Å². The molecule has 2 aromatic rings. The fourth-order valence-corrected chi connectivity index (χ4v) is 1.79. The molecule has 0 aliphatic heterocycles. The molecular formula is C13H13BrN4O. The second-order valence-corrected chi connectivity index (χ2v) is 4.57. The van der Waals surface area contributed by atoms with Gasteiger partial charge < -0.3 is 10.6 Å². The quantitative estimate of drug-likeness (QED) is 0.909. The van der Waals surface area contributed by atoms with Crippen molar-refractivity contribution in [3.8, 4) is 0 Å². The third-order valence-corrected chi connectivity index (χ3v) is 2.81. The first-order valence-electron chi connectivity index (χ1n) is 5.82. The number of aromatic nitrogens is 2. The Balaban J connectivity index is 2.18. The normalized spacial score (nSPS) is 10.0. The van der Waals surface area contributed by atoms with Crippen LogP contribution < -0.4 is 10.6 Å². The van der Waals surface area contributed by atoms with Gasteiger partial charge in [-0.15, -0.1) is 0 Å². The summed E-state index contributed by atoms with van der Waals surface area (Å²) in [5.74, 6) is 0.202. The van der Waals surface area contributed by atoms with Gasteiger partial charge in [0.2, 0.25) is 0 Å². The first-order valence-corrected chi connectivity index (χ1v) is 6.62. The molecule has 0 atom stereocenters. The highest BCUT2D eigenvalue weighted by molar-refractivity contribution is 9.10. The molecule has 0 saturated heterocycles. The zero-order valence-electron chi connectivity index (χ0n) is 10.4. The van der Waals surface area contributed by atoms with Crippen molar-refractivity contribution >= 4 is 33.3 Å². The van der Waals surface area contributed by atoms with E-state index in [1.807, 2.05) is 25.1 Å². The smallest absolute Gasteiger partial charge is 0.258 e. The third kappa shape index (κ3) is 3.51. The van der Waals surface area contributed by atoms with Crippen LogP contribution in [0.1, 0.15) is 17.3 Å². The number of halogens is 1. The van der Waals surface area contributed by atoms with E-state index < -0.39 is 0 Å². The Hall–Kier alpha value is -1.95. The van der Waals surface area contributed by atoms with Gasteiger partial charge in [0.15, 0.2) is 5.82 Å². The molecule has 2 N–H and O–H groups in total. The van der Waals surface area contributed by atoms with Crippen LogP contribution in [0.4, 0.5) is 11.5 Å². The zero-order valence-corrected chi connectivity index (χ0v) is 11.9. The Bertz CT molecular complexity index is 571. The molecule has 0 aliphatic carbocycles. The van der Waals surface area contributed by atoms with Gasteiger partial charge in [0.1, 0.15) is 4.60 Å². The minimum atomic E-state index is -0.215. The first kappa shape index (κ1) is 13.5. The van der Waals surface area contributed by atoms with Gasteiger partial charge >= 0.3 is 0 Å². The highest BCUT2D eigenvalue weighted by Crippen LogP contribution is 2.16. The Kier molecular flexibility index (Phi) is 4.46. The lowest BCUT2D eigenvalue weighted by atomic mass is 10.1. The topological polar surface area (TPSA) is 66.9 Å². The van der Waals surface area contributed by atoms with Crippen LogP contribution in [0.25, 0.3) is 0 Å². The molecule has 1 aromatic heterocycles. The second-order valence-electron chi connectivity index (χ2n) is 3.75. The average Bonchev–Trinajstić information content (AvgIpc) is 2.42. The number of nitrogens with zero attached hydrogens (tertiary/aromatic N) is 2. The highest BCUT2D eigenvalue weighted by Gasteiger charge is 2.11. The molecule has 1 aromatic carbocycles. The van der Waals surface area contributed by atoms with Crippen LogP contribution in [-0.4, -0.2) is 22.4 Å². The zero-order chi connectivity index (χ0) is 13.7. The summed E-state index contributed by atoms with van der Waals surface area (Å²) in [6.45, 7) is 2.73. The van der Waals surface area contributed by atoms with Gasteiger partial charge in [-0.05, 0) is 35.0 Å². The summed E-state index contributed by atoms with van der Waals surface area (Å²) >= 11 is 3.19. The Morgan fingerprint density at radius 2 is 2.05 bits per heavy atom. The van der Waals surface area contributed by atoms with Gasteiger partial charge in [-0.3, -0.25) is 4.79 Å². The number of benzene rings is 1. The molecule has 98 valence electrons. The van der Waals surface area contributed by atoms with Gasteiger partial charge in [-0.2, -0.15) is 0 Å². The summed E-state index contributed by atoms with van der Waals surface area (Å²) < 4.78 is 0.624. The van der Waals surface area contributed by atoms with E-state index >= 15 is 0 Å². The van der Waals surface area contributed by atoms with Crippen molar-refractivity contribution < 1.29 is 4.79 Å². The van der Waals surface area contributed by atoms with E-state index in [0.29, 0.717) is 16.0 Å². The molecule has 0 aliphatic rings. The van der Waals surface area contributed by atoms with Gasteiger partial charge in [0, 0.05) is 12.2 Å². The van der Waals surface area contributed by atoms with Crippen molar-refractivity contribution in [2.45, 2.75) is 6.92 Å². The maximum absolute atomic E-state index is 12.2. The molecule has 1 heterocycles. The molecule has 0 saturated carbocycles. The molecule has 0 radical (unpaired) electrons. The highest BCUT2D eigenvalue weighted by atomic mass is 79.9. The third-order valence-electron chi connectivity index (χ3n) is 2.40. The summed E-state index contributed by atoms with van der Waals surface area (Å²) in [4.78, 5) is 20.2. The standard InChI is InChI=1S/C13H13BrN4O/c1-2-15-10-6-4-3-5-9(10)13(19)18-12-8-16-11(14)7-17-12/h3-8,15H,2H2,1H3,(H,17,18,19). The van der Waals surface area contributed by atoms with Gasteiger partial charge in [0.25, 0.3) is 5.91 Å². The fraction of sp³-hybridized carbons (Fsp3) is 0.154. The molecule has 0 bridgehead atoms. The number of hydrogen-bond acceptors (Lipinski definition) is 4. The summed E-state index contributed by atoms with van der Waals surface area (Å²) in [6.07, 6.45) is 3.03. The van der Waals surface area contributed by atoms with E-state index in [1.54, 1.807) is 6.07 Å². The lowest BCUT2D eigenvalue weighted by Crippen LogP contribution is -2.15. The molecular weight excluding hydrogens is 308 g/mol. The van der Waals surface area contributed by atoms with Crippen LogP contribution >= 0.6 is 15.9 Å². The lowest BCUT2D eigenvalue weighted by molar-refractivity contribution is 0.102. The largest absolute Gasteiger partial charge is 0.385 e. The van der Waals surface area contributed by atoms with E-state index in [1.165, 1.54) is 12.4 Å². The summed E-state index contributed by atoms with van der Waals surface area (Å²) in [5.41, 5.74) is 1.38. The van der Waals surface area contributed by atoms with Crippen LogP contribution in [0.5, 0.6) is 0 Å². The number of carbonyl (C=O) groups is 1. The van der Waals surface area contributed by atoms with Crippen LogP contribution in [-0.2, 0) is 0 Å². The lowest BCUT2D eigenvalue weighted by Gasteiger charge is -2.10. The minimum Gasteiger partial charge on any atom is -0.385 e. The number of para-hydroxylation sites is 1. The predicted octanol–water partition coefficient (Wildman–Crippen LogP) is 2.92. The number of nitrogens with one attached hydrogen (secondary N) is 2. The monoisotopic (exact) mass is 320 g/mol. The number of carbonyl (C=O) groups excluding carboxylic acids is 1. The van der Waals surface area contributed by atoms with Crippen LogP contribution in [0.15, 0.2) is 41.3 Å². The Morgan fingerprint density at radius 1 is 1.26 bits per heavy atom. The van der Waals surface area contributed by atoms with Crippen LogP contribution in [0, 0.1) is 0 Å². The van der Waals surface area contributed by atoms with Gasteiger partial charge in [-0.25, -0.2) is 9.97 Å². The van der Waals surface area contributed by atoms with Crippen molar-refractivity contribution in [2.24, 2.45) is 0 Å². The molecule has 6 heteroatoms. The average molecular weight is 321 g/mol. The summed E-state index contributed by atoms with van der Waals surface area (Å²) in [7, 11) is 0. The SMILES string of the molecule is CCNc1ccccc1C(=O)Nc1cnc(Br)cn1. The predicted molar refractivity (Wildman–Crippen MR) is 78.3 cm³/mol. The molecule has 0 spiro atoms. The molecule has 0 fully saturated rings. The number of amides is 1. The number of hydrogen-bond donors (Lipinski definition) is 2. The molecule has 0 unspecified atom stereocenters. The van der Waals surface area contributed by atoms with Gasteiger partial charge in [-0.1, -0.05) is 12.1 Å². The minimum absolute atomic E-state index is 0.215. The van der Waals surface area contributed by atoms with E-state index in [2.05, 4.69) is 36.5 Å². The Labute approximate surface area is 119 Å². The summed E-state index contributed by atoms with van der Waals surface area (Å²) in [5, 5.41) is 5.86. The van der Waals surface area contributed by atoms with Crippen molar-refractivity contribution in [1.82, 2.24) is 9.97 Å². The van der Waals surface area contributed by atoms with E-state index in [4.69, 9.17) is 0 Å². The van der Waals surface area contributed by atoms with Crippen molar-refractivity contribution in [3.63, 3.8) is 0 Å². The van der Waals surface area contributed by atoms with Crippen molar-refractivity contribution in [3.05, 3.63) is 46.8 Å².